The molecule has 0 aliphatic rings. The Bertz CT molecular complexity index is 808. The molecular weight excluding hydrogens is 482 g/mol. The van der Waals surface area contributed by atoms with Gasteiger partial charge < -0.3 is 44.5 Å². The molecule has 0 aromatic heterocycles. The third-order valence-corrected chi connectivity index (χ3v) is 4.53. The molecule has 0 unspecified atom stereocenters. The first-order chi connectivity index (χ1) is 17.4. The van der Waals surface area contributed by atoms with Crippen molar-refractivity contribution < 1.29 is 48.4 Å². The van der Waals surface area contributed by atoms with Gasteiger partial charge in [-0.25, -0.2) is 4.79 Å². The quantitative estimate of drug-likeness (QED) is 0.107. The summed E-state index contributed by atoms with van der Waals surface area (Å²) in [7, 11) is 1.37. The maximum absolute atomic E-state index is 11.9. The van der Waals surface area contributed by atoms with Crippen molar-refractivity contribution in [2.75, 3.05) is 66.4 Å². The molecule has 1 aromatic rings. The number of carbonyl (C=O) groups excluding carboxylic acids is 2. The number of hydrogen-bond donors (Lipinski definition) is 4. The summed E-state index contributed by atoms with van der Waals surface area (Å²) in [5.74, 6) is 0.125. The zero-order valence-electron chi connectivity index (χ0n) is 20.4. The standard InChI is InChI=1S/C22H35N3O11/c1-32-19-14-17(16-27)18(25(30)31)15-20(19)35-9-2-4-21(28)23-5-6-24-22(29)36-13-12-34-11-10-33-8-3-7-26/h14-15,26-27H,2-13,16H2,1H3,(H,23,28)(H,24,29). The monoisotopic (exact) mass is 517 g/mol. The van der Waals surface area contributed by atoms with Crippen LogP contribution >= 0.6 is 0 Å². The van der Waals surface area contributed by atoms with Crippen molar-refractivity contribution in [2.45, 2.75) is 25.9 Å². The zero-order chi connectivity index (χ0) is 26.6. The topological polar surface area (TPSA) is 188 Å². The van der Waals surface area contributed by atoms with Gasteiger partial charge in [0.15, 0.2) is 11.5 Å². The first-order valence-electron chi connectivity index (χ1n) is 11.5. The maximum atomic E-state index is 11.9. The fourth-order valence-corrected chi connectivity index (χ4v) is 2.76. The zero-order valence-corrected chi connectivity index (χ0v) is 20.4. The molecular formula is C22H35N3O11. The number of aliphatic hydroxyl groups is 2. The summed E-state index contributed by atoms with van der Waals surface area (Å²) in [5.41, 5.74) is -0.185. The third-order valence-electron chi connectivity index (χ3n) is 4.53. The molecule has 204 valence electrons. The van der Waals surface area contributed by atoms with E-state index in [0.717, 1.165) is 0 Å². The van der Waals surface area contributed by atoms with Gasteiger partial charge in [0.05, 0.1) is 56.7 Å². The van der Waals surface area contributed by atoms with E-state index in [-0.39, 0.29) is 74.6 Å². The van der Waals surface area contributed by atoms with Crippen LogP contribution in [-0.4, -0.2) is 93.6 Å². The number of rotatable bonds is 20. The van der Waals surface area contributed by atoms with Crippen molar-refractivity contribution in [3.63, 3.8) is 0 Å². The number of nitrogens with one attached hydrogen (secondary N) is 2. The van der Waals surface area contributed by atoms with Gasteiger partial charge in [-0.15, -0.1) is 0 Å². The molecule has 4 N–H and O–H groups in total. The Labute approximate surface area is 209 Å². The van der Waals surface area contributed by atoms with Crippen LogP contribution in [0, 0.1) is 10.1 Å². The predicted molar refractivity (Wildman–Crippen MR) is 126 cm³/mol. The number of amides is 2. The van der Waals surface area contributed by atoms with Gasteiger partial charge in [0.2, 0.25) is 5.91 Å². The van der Waals surface area contributed by atoms with Gasteiger partial charge in [0.25, 0.3) is 5.69 Å². The largest absolute Gasteiger partial charge is 0.493 e. The predicted octanol–water partition coefficient (Wildman–Crippen LogP) is 0.513. The van der Waals surface area contributed by atoms with Crippen LogP contribution in [0.1, 0.15) is 24.8 Å². The summed E-state index contributed by atoms with van der Waals surface area (Å²) in [4.78, 5) is 34.0. The Morgan fingerprint density at radius 3 is 2.31 bits per heavy atom. The van der Waals surface area contributed by atoms with E-state index < -0.39 is 17.6 Å². The van der Waals surface area contributed by atoms with Gasteiger partial charge in [-0.1, -0.05) is 0 Å². The normalized spacial score (nSPS) is 10.5. The number of benzene rings is 1. The van der Waals surface area contributed by atoms with Crippen molar-refractivity contribution in [3.05, 3.63) is 27.8 Å². The molecule has 0 aliphatic heterocycles. The molecule has 0 saturated carbocycles. The molecule has 0 saturated heterocycles. The van der Waals surface area contributed by atoms with Gasteiger partial charge in [0.1, 0.15) is 6.61 Å². The molecule has 0 spiro atoms. The SMILES string of the molecule is COc1cc(CO)c([N+](=O)[O-])cc1OCCCC(=O)NCCNC(=O)OCCOCCOCCCO. The van der Waals surface area contributed by atoms with Crippen LogP contribution in [0.3, 0.4) is 0 Å². The lowest BCUT2D eigenvalue weighted by Crippen LogP contribution is -2.35. The summed E-state index contributed by atoms with van der Waals surface area (Å²) in [6.45, 7) is 1.58. The highest BCUT2D eigenvalue weighted by Gasteiger charge is 2.19. The highest BCUT2D eigenvalue weighted by atomic mass is 16.6. The average molecular weight is 518 g/mol. The lowest BCUT2D eigenvalue weighted by atomic mass is 10.1. The van der Waals surface area contributed by atoms with E-state index in [9.17, 15) is 24.8 Å². The van der Waals surface area contributed by atoms with Crippen molar-refractivity contribution >= 4 is 17.7 Å². The molecule has 0 bridgehead atoms. The highest BCUT2D eigenvalue weighted by molar-refractivity contribution is 5.75. The van der Waals surface area contributed by atoms with E-state index in [0.29, 0.717) is 32.7 Å². The summed E-state index contributed by atoms with van der Waals surface area (Å²) < 4.78 is 26.0. The average Bonchev–Trinajstić information content (AvgIpc) is 2.87. The molecule has 0 radical (unpaired) electrons. The lowest BCUT2D eigenvalue weighted by Gasteiger charge is -2.12. The van der Waals surface area contributed by atoms with Crippen molar-refractivity contribution in [1.82, 2.24) is 10.6 Å². The molecule has 0 aliphatic carbocycles. The summed E-state index contributed by atoms with van der Waals surface area (Å²) in [6, 6.07) is 2.51. The minimum absolute atomic E-state index is 0.0749. The number of hydrogen-bond acceptors (Lipinski definition) is 11. The molecule has 0 atom stereocenters. The third kappa shape index (κ3) is 13.0. The van der Waals surface area contributed by atoms with Crippen molar-refractivity contribution in [1.29, 1.82) is 0 Å². The van der Waals surface area contributed by atoms with Gasteiger partial charge in [-0.3, -0.25) is 14.9 Å². The molecule has 14 heteroatoms. The van der Waals surface area contributed by atoms with Crippen LogP contribution in [0.15, 0.2) is 12.1 Å². The van der Waals surface area contributed by atoms with E-state index in [1.807, 2.05) is 0 Å². The van der Waals surface area contributed by atoms with Gasteiger partial charge >= 0.3 is 6.09 Å². The Morgan fingerprint density at radius 2 is 1.64 bits per heavy atom. The smallest absolute Gasteiger partial charge is 0.407 e. The van der Waals surface area contributed by atoms with Crippen molar-refractivity contribution in [2.24, 2.45) is 0 Å². The molecule has 0 heterocycles. The van der Waals surface area contributed by atoms with Gasteiger partial charge in [0, 0.05) is 32.7 Å². The minimum Gasteiger partial charge on any atom is -0.493 e. The molecule has 1 aromatic carbocycles. The number of alkyl carbamates (subject to hydrolysis) is 1. The van der Waals surface area contributed by atoms with Gasteiger partial charge in [-0.05, 0) is 18.9 Å². The minimum atomic E-state index is -0.629. The number of nitro groups is 1. The molecule has 2 amide bonds. The van der Waals surface area contributed by atoms with E-state index in [2.05, 4.69) is 10.6 Å². The molecule has 36 heavy (non-hydrogen) atoms. The molecule has 0 fully saturated rings. The second-order valence-electron chi connectivity index (χ2n) is 7.21. The number of methoxy groups -OCH3 is 1. The second kappa shape index (κ2) is 19.0. The number of nitro benzene ring substituents is 1. The summed E-state index contributed by atoms with van der Waals surface area (Å²) in [5, 5.41) is 34.2. The molecule has 1 rings (SSSR count). The van der Waals surface area contributed by atoms with E-state index in [1.165, 1.54) is 19.2 Å². The first-order valence-corrected chi connectivity index (χ1v) is 11.5. The van der Waals surface area contributed by atoms with E-state index in [4.69, 9.17) is 28.8 Å². The van der Waals surface area contributed by atoms with E-state index in [1.54, 1.807) is 0 Å². The fraction of sp³-hybridized carbons (Fsp3) is 0.636. The van der Waals surface area contributed by atoms with Crippen LogP contribution in [0.2, 0.25) is 0 Å². The van der Waals surface area contributed by atoms with Crippen molar-refractivity contribution in [3.8, 4) is 11.5 Å². The Hall–Kier alpha value is -3.20. The number of ether oxygens (including phenoxy) is 5. The van der Waals surface area contributed by atoms with Crippen LogP contribution in [-0.2, 0) is 25.6 Å². The molecule has 14 nitrogen and oxygen atoms in total. The van der Waals surface area contributed by atoms with Gasteiger partial charge in [-0.2, -0.15) is 0 Å². The lowest BCUT2D eigenvalue weighted by molar-refractivity contribution is -0.385. The van der Waals surface area contributed by atoms with Crippen LogP contribution < -0.4 is 20.1 Å². The van der Waals surface area contributed by atoms with Crippen LogP contribution in [0.5, 0.6) is 11.5 Å². The second-order valence-corrected chi connectivity index (χ2v) is 7.21. The summed E-state index contributed by atoms with van der Waals surface area (Å²) in [6.07, 6.45) is 0.428. The number of carbonyl (C=O) groups is 2. The number of aliphatic hydroxyl groups excluding tert-OH is 2. The van der Waals surface area contributed by atoms with Crippen LogP contribution in [0.25, 0.3) is 0 Å². The Kier molecular flexibility index (Phi) is 16.3. The number of nitrogens with zero attached hydrogens (tertiary/aromatic N) is 1. The maximum Gasteiger partial charge on any atom is 0.407 e. The summed E-state index contributed by atoms with van der Waals surface area (Å²) >= 11 is 0. The fourth-order valence-electron chi connectivity index (χ4n) is 2.76. The Morgan fingerprint density at radius 1 is 0.944 bits per heavy atom. The van der Waals surface area contributed by atoms with E-state index >= 15 is 0 Å². The first kappa shape index (κ1) is 30.8. The Balaban J connectivity index is 2.13. The highest BCUT2D eigenvalue weighted by Crippen LogP contribution is 2.34. The van der Waals surface area contributed by atoms with Crippen LogP contribution in [0.4, 0.5) is 10.5 Å².